The number of methoxy groups -OCH3 is 1. The lowest BCUT2D eigenvalue weighted by molar-refractivity contribution is 0.0930. The normalized spacial score (nSPS) is 14.0. The van der Waals surface area contributed by atoms with Crippen LogP contribution in [0.25, 0.3) is 0 Å². The summed E-state index contributed by atoms with van der Waals surface area (Å²) in [6.45, 7) is 6.30. The maximum Gasteiger partial charge on any atom is 0.167 e. The number of hydrogen-bond acceptors (Lipinski definition) is 3. The van der Waals surface area contributed by atoms with Crippen molar-refractivity contribution in [3.8, 4) is 11.5 Å². The van der Waals surface area contributed by atoms with E-state index in [2.05, 4.69) is 47.9 Å². The number of benzene rings is 2. The molecule has 0 aromatic heterocycles. The summed E-state index contributed by atoms with van der Waals surface area (Å²) in [5.74, 6) is 1.71. The van der Waals surface area contributed by atoms with Crippen LogP contribution in [0.4, 0.5) is 0 Å². The third kappa shape index (κ3) is 3.74. The molecule has 0 spiro atoms. The van der Waals surface area contributed by atoms with E-state index in [4.69, 9.17) is 9.47 Å². The lowest BCUT2D eigenvalue weighted by Crippen LogP contribution is -2.33. The summed E-state index contributed by atoms with van der Waals surface area (Å²) < 4.78 is 11.4. The molecule has 0 amide bonds. The Morgan fingerprint density at radius 1 is 1.22 bits per heavy atom. The first-order valence-corrected chi connectivity index (χ1v) is 8.00. The van der Waals surface area contributed by atoms with Gasteiger partial charge in [-0.1, -0.05) is 42.5 Å². The van der Waals surface area contributed by atoms with Crippen molar-refractivity contribution >= 4 is 0 Å². The molecular formula is C20H23NO2. The van der Waals surface area contributed by atoms with Crippen LogP contribution in [0.15, 0.2) is 55.1 Å². The number of hydrogen-bond donors (Lipinski definition) is 0. The SMILES string of the molecule is C=CCc1cc2c(c(OC)c1)OCN(CCc1ccccc1)C2. The predicted octanol–water partition coefficient (Wildman–Crippen LogP) is 3.82. The van der Waals surface area contributed by atoms with E-state index < -0.39 is 0 Å². The molecule has 2 aromatic carbocycles. The van der Waals surface area contributed by atoms with Gasteiger partial charge in [0.1, 0.15) is 6.73 Å². The summed E-state index contributed by atoms with van der Waals surface area (Å²) in [6.07, 6.45) is 3.79. The van der Waals surface area contributed by atoms with Crippen molar-refractivity contribution in [2.45, 2.75) is 19.4 Å². The van der Waals surface area contributed by atoms with E-state index in [-0.39, 0.29) is 0 Å². The smallest absolute Gasteiger partial charge is 0.167 e. The number of ether oxygens (including phenoxy) is 2. The Balaban J connectivity index is 1.71. The van der Waals surface area contributed by atoms with E-state index in [1.54, 1.807) is 7.11 Å². The Kier molecular flexibility index (Phi) is 4.99. The fraction of sp³-hybridized carbons (Fsp3) is 0.300. The van der Waals surface area contributed by atoms with E-state index in [9.17, 15) is 0 Å². The highest BCUT2D eigenvalue weighted by Gasteiger charge is 2.21. The van der Waals surface area contributed by atoms with Crippen molar-refractivity contribution in [2.24, 2.45) is 0 Å². The second-order valence-corrected chi connectivity index (χ2v) is 5.84. The van der Waals surface area contributed by atoms with Crippen LogP contribution in [0.5, 0.6) is 11.5 Å². The van der Waals surface area contributed by atoms with E-state index in [1.165, 1.54) is 16.7 Å². The molecule has 3 nitrogen and oxygen atoms in total. The quantitative estimate of drug-likeness (QED) is 0.757. The van der Waals surface area contributed by atoms with Crippen LogP contribution in [-0.2, 0) is 19.4 Å². The minimum atomic E-state index is 0.608. The molecule has 23 heavy (non-hydrogen) atoms. The molecule has 3 rings (SSSR count). The largest absolute Gasteiger partial charge is 0.493 e. The molecule has 1 heterocycles. The fourth-order valence-corrected chi connectivity index (χ4v) is 2.96. The van der Waals surface area contributed by atoms with Gasteiger partial charge in [-0.2, -0.15) is 0 Å². The summed E-state index contributed by atoms with van der Waals surface area (Å²) in [7, 11) is 1.69. The lowest BCUT2D eigenvalue weighted by atomic mass is 10.0. The molecule has 0 N–H and O–H groups in total. The molecule has 0 aliphatic carbocycles. The Hall–Kier alpha value is -2.26. The first-order valence-electron chi connectivity index (χ1n) is 8.00. The average molecular weight is 309 g/mol. The van der Waals surface area contributed by atoms with Crippen LogP contribution in [0.3, 0.4) is 0 Å². The van der Waals surface area contributed by atoms with E-state index in [1.807, 2.05) is 12.1 Å². The molecule has 0 saturated carbocycles. The van der Waals surface area contributed by atoms with Gasteiger partial charge in [0.2, 0.25) is 0 Å². The van der Waals surface area contributed by atoms with Crippen LogP contribution in [0.1, 0.15) is 16.7 Å². The molecule has 0 unspecified atom stereocenters. The fourth-order valence-electron chi connectivity index (χ4n) is 2.96. The third-order valence-electron chi connectivity index (χ3n) is 4.14. The molecule has 0 radical (unpaired) electrons. The number of rotatable bonds is 6. The van der Waals surface area contributed by atoms with Crippen molar-refractivity contribution < 1.29 is 9.47 Å². The number of nitrogens with zero attached hydrogens (tertiary/aromatic N) is 1. The monoisotopic (exact) mass is 309 g/mol. The highest BCUT2D eigenvalue weighted by atomic mass is 16.5. The van der Waals surface area contributed by atoms with Crippen molar-refractivity contribution in [3.05, 3.63) is 71.8 Å². The van der Waals surface area contributed by atoms with Crippen LogP contribution < -0.4 is 9.47 Å². The second kappa shape index (κ2) is 7.34. The molecule has 0 bridgehead atoms. The highest BCUT2D eigenvalue weighted by Crippen LogP contribution is 2.36. The van der Waals surface area contributed by atoms with Gasteiger partial charge in [-0.25, -0.2) is 0 Å². The molecule has 0 fully saturated rings. The van der Waals surface area contributed by atoms with Gasteiger partial charge < -0.3 is 9.47 Å². The van der Waals surface area contributed by atoms with Gasteiger partial charge in [0.25, 0.3) is 0 Å². The Morgan fingerprint density at radius 2 is 2.04 bits per heavy atom. The van der Waals surface area contributed by atoms with E-state index >= 15 is 0 Å². The maximum absolute atomic E-state index is 5.95. The zero-order valence-electron chi connectivity index (χ0n) is 13.6. The second-order valence-electron chi connectivity index (χ2n) is 5.84. The zero-order chi connectivity index (χ0) is 16.1. The van der Waals surface area contributed by atoms with Crippen molar-refractivity contribution in [2.75, 3.05) is 20.4 Å². The Bertz CT molecular complexity index is 667. The molecule has 0 atom stereocenters. The van der Waals surface area contributed by atoms with Gasteiger partial charge >= 0.3 is 0 Å². The van der Waals surface area contributed by atoms with Gasteiger partial charge in [0.05, 0.1) is 7.11 Å². The predicted molar refractivity (Wildman–Crippen MR) is 92.9 cm³/mol. The van der Waals surface area contributed by atoms with E-state index in [0.29, 0.717) is 6.73 Å². The highest BCUT2D eigenvalue weighted by molar-refractivity contribution is 5.50. The van der Waals surface area contributed by atoms with Gasteiger partial charge in [0.15, 0.2) is 11.5 Å². The van der Waals surface area contributed by atoms with Crippen LogP contribution >= 0.6 is 0 Å². The Labute approximate surface area is 138 Å². The topological polar surface area (TPSA) is 21.7 Å². The summed E-state index contributed by atoms with van der Waals surface area (Å²) in [6, 6.07) is 14.8. The summed E-state index contributed by atoms with van der Waals surface area (Å²) in [4.78, 5) is 2.33. The first kappa shape index (κ1) is 15.6. The minimum Gasteiger partial charge on any atom is -0.493 e. The molecular weight excluding hydrogens is 286 g/mol. The van der Waals surface area contributed by atoms with Crippen LogP contribution in [0, 0.1) is 0 Å². The standard InChI is InChI=1S/C20H23NO2/c1-3-7-17-12-18-14-21(11-10-16-8-5-4-6-9-16)15-23-20(18)19(13-17)22-2/h3-6,8-9,12-13H,1,7,10-11,14-15H2,2H3. The molecule has 2 aromatic rings. The molecule has 120 valence electrons. The van der Waals surface area contributed by atoms with Crippen molar-refractivity contribution in [1.82, 2.24) is 4.90 Å². The molecule has 1 aliphatic heterocycles. The summed E-state index contributed by atoms with van der Waals surface area (Å²) >= 11 is 0. The first-order chi connectivity index (χ1) is 11.3. The minimum absolute atomic E-state index is 0.608. The molecule has 3 heteroatoms. The number of allylic oxidation sites excluding steroid dienone is 1. The third-order valence-corrected chi connectivity index (χ3v) is 4.14. The maximum atomic E-state index is 5.95. The van der Waals surface area contributed by atoms with Gasteiger partial charge in [-0.15, -0.1) is 6.58 Å². The van der Waals surface area contributed by atoms with Crippen LogP contribution in [-0.4, -0.2) is 25.3 Å². The van der Waals surface area contributed by atoms with Gasteiger partial charge in [-0.3, -0.25) is 4.90 Å². The van der Waals surface area contributed by atoms with Gasteiger partial charge in [-0.05, 0) is 30.0 Å². The Morgan fingerprint density at radius 3 is 2.78 bits per heavy atom. The van der Waals surface area contributed by atoms with Gasteiger partial charge in [0, 0.05) is 18.7 Å². The molecule has 0 saturated heterocycles. The lowest BCUT2D eigenvalue weighted by Gasteiger charge is -2.30. The zero-order valence-corrected chi connectivity index (χ0v) is 13.6. The van der Waals surface area contributed by atoms with Crippen molar-refractivity contribution in [3.63, 3.8) is 0 Å². The molecule has 1 aliphatic rings. The summed E-state index contributed by atoms with van der Waals surface area (Å²) in [5, 5.41) is 0. The van der Waals surface area contributed by atoms with E-state index in [0.717, 1.165) is 37.4 Å². The summed E-state index contributed by atoms with van der Waals surface area (Å²) in [5.41, 5.74) is 3.76. The average Bonchev–Trinajstić information content (AvgIpc) is 2.60. The van der Waals surface area contributed by atoms with Crippen molar-refractivity contribution in [1.29, 1.82) is 0 Å². The van der Waals surface area contributed by atoms with Crippen LogP contribution in [0.2, 0.25) is 0 Å². The number of fused-ring (bicyclic) bond motifs is 1.